The normalized spacial score (nSPS) is 28.7. The zero-order valence-electron chi connectivity index (χ0n) is 10.2. The Hall–Kier alpha value is -0.370. The molecule has 0 aromatic rings. The summed E-state index contributed by atoms with van der Waals surface area (Å²) in [6.45, 7) is 4.21. The maximum Gasteiger partial charge on any atom is 0.136 e. The summed E-state index contributed by atoms with van der Waals surface area (Å²) in [5.41, 5.74) is 5.67. The van der Waals surface area contributed by atoms with Gasteiger partial charge in [0.1, 0.15) is 5.78 Å². The van der Waals surface area contributed by atoms with Crippen LogP contribution in [-0.4, -0.2) is 11.8 Å². The standard InChI is InChI=1S/C13H25NO/c1-3-11-5-4-6-12(9-11)13(15)8-7-10(2)14/h10-12H,3-9,14H2,1-2H3. The average molecular weight is 211 g/mol. The van der Waals surface area contributed by atoms with E-state index in [0.717, 1.165) is 25.2 Å². The molecule has 2 N–H and O–H groups in total. The van der Waals surface area contributed by atoms with Gasteiger partial charge in [0.25, 0.3) is 0 Å². The van der Waals surface area contributed by atoms with Gasteiger partial charge in [-0.1, -0.05) is 26.2 Å². The fourth-order valence-corrected chi connectivity index (χ4v) is 2.53. The molecule has 3 unspecified atom stereocenters. The van der Waals surface area contributed by atoms with Gasteiger partial charge in [0.05, 0.1) is 0 Å². The summed E-state index contributed by atoms with van der Waals surface area (Å²) in [6, 6.07) is 0.166. The molecule has 0 aliphatic heterocycles. The van der Waals surface area contributed by atoms with E-state index in [1.165, 1.54) is 19.3 Å². The number of rotatable bonds is 5. The summed E-state index contributed by atoms with van der Waals surface area (Å²) in [5, 5.41) is 0. The van der Waals surface area contributed by atoms with Crippen LogP contribution in [0, 0.1) is 11.8 Å². The van der Waals surface area contributed by atoms with Gasteiger partial charge in [-0.2, -0.15) is 0 Å². The van der Waals surface area contributed by atoms with Crippen molar-refractivity contribution in [2.75, 3.05) is 0 Å². The van der Waals surface area contributed by atoms with Crippen LogP contribution in [0.15, 0.2) is 0 Å². The van der Waals surface area contributed by atoms with Crippen LogP contribution in [0.25, 0.3) is 0 Å². The first-order chi connectivity index (χ1) is 7.13. The van der Waals surface area contributed by atoms with Gasteiger partial charge in [0, 0.05) is 18.4 Å². The van der Waals surface area contributed by atoms with Crippen molar-refractivity contribution in [1.29, 1.82) is 0 Å². The number of carbonyl (C=O) groups excluding carboxylic acids is 1. The topological polar surface area (TPSA) is 43.1 Å². The van der Waals surface area contributed by atoms with Crippen LogP contribution in [0.1, 0.15) is 58.8 Å². The quantitative estimate of drug-likeness (QED) is 0.760. The first kappa shape index (κ1) is 12.7. The van der Waals surface area contributed by atoms with Crippen LogP contribution in [0.4, 0.5) is 0 Å². The second kappa shape index (κ2) is 6.26. The lowest BCUT2D eigenvalue weighted by Crippen LogP contribution is -2.24. The number of hydrogen-bond donors (Lipinski definition) is 1. The smallest absolute Gasteiger partial charge is 0.136 e. The molecule has 1 aliphatic rings. The molecule has 1 rings (SSSR count). The Kier molecular flexibility index (Phi) is 5.30. The molecule has 1 fully saturated rings. The van der Waals surface area contributed by atoms with Crippen molar-refractivity contribution in [1.82, 2.24) is 0 Å². The Labute approximate surface area is 93.6 Å². The number of hydrogen-bond acceptors (Lipinski definition) is 2. The van der Waals surface area contributed by atoms with Gasteiger partial charge in [-0.3, -0.25) is 4.79 Å². The van der Waals surface area contributed by atoms with Gasteiger partial charge < -0.3 is 5.73 Å². The Balaban J connectivity index is 2.32. The predicted octanol–water partition coefficient (Wildman–Crippen LogP) is 2.90. The van der Waals surface area contributed by atoms with E-state index < -0.39 is 0 Å². The van der Waals surface area contributed by atoms with Crippen molar-refractivity contribution in [3.63, 3.8) is 0 Å². The highest BCUT2D eigenvalue weighted by atomic mass is 16.1. The van der Waals surface area contributed by atoms with E-state index in [-0.39, 0.29) is 6.04 Å². The fourth-order valence-electron chi connectivity index (χ4n) is 2.53. The largest absolute Gasteiger partial charge is 0.328 e. The minimum absolute atomic E-state index is 0.166. The highest BCUT2D eigenvalue weighted by molar-refractivity contribution is 5.81. The van der Waals surface area contributed by atoms with E-state index in [1.54, 1.807) is 0 Å². The number of Topliss-reactive ketones (excluding diaryl/α,β-unsaturated/α-hetero) is 1. The highest BCUT2D eigenvalue weighted by Gasteiger charge is 2.25. The molecule has 0 radical (unpaired) electrons. The van der Waals surface area contributed by atoms with Gasteiger partial charge in [-0.25, -0.2) is 0 Å². The number of nitrogens with two attached hydrogens (primary N) is 1. The predicted molar refractivity (Wildman–Crippen MR) is 63.6 cm³/mol. The second-order valence-corrected chi connectivity index (χ2v) is 5.12. The highest BCUT2D eigenvalue weighted by Crippen LogP contribution is 2.32. The maximum atomic E-state index is 11.9. The Morgan fingerprint density at radius 3 is 2.80 bits per heavy atom. The van der Waals surface area contributed by atoms with Crippen LogP contribution in [0.5, 0.6) is 0 Å². The molecule has 88 valence electrons. The molecule has 15 heavy (non-hydrogen) atoms. The molecule has 0 aromatic carbocycles. The summed E-state index contributed by atoms with van der Waals surface area (Å²) < 4.78 is 0. The lowest BCUT2D eigenvalue weighted by molar-refractivity contribution is -0.124. The molecule has 0 saturated heterocycles. The zero-order valence-corrected chi connectivity index (χ0v) is 10.2. The maximum absolute atomic E-state index is 11.9. The molecule has 0 spiro atoms. The van der Waals surface area contributed by atoms with Gasteiger partial charge >= 0.3 is 0 Å². The van der Waals surface area contributed by atoms with Crippen LogP contribution >= 0.6 is 0 Å². The van der Waals surface area contributed by atoms with Gasteiger partial charge in [-0.05, 0) is 32.1 Å². The third-order valence-electron chi connectivity index (χ3n) is 3.66. The first-order valence-corrected chi connectivity index (χ1v) is 6.41. The molecule has 0 heterocycles. The van der Waals surface area contributed by atoms with Crippen molar-refractivity contribution >= 4 is 5.78 Å². The molecule has 1 saturated carbocycles. The molecule has 2 heteroatoms. The van der Waals surface area contributed by atoms with Gasteiger partial charge in [0.15, 0.2) is 0 Å². The Bertz CT molecular complexity index is 201. The van der Waals surface area contributed by atoms with E-state index in [9.17, 15) is 4.79 Å². The van der Waals surface area contributed by atoms with E-state index in [1.807, 2.05) is 6.92 Å². The van der Waals surface area contributed by atoms with Crippen molar-refractivity contribution in [3.8, 4) is 0 Å². The number of ketones is 1. The molecule has 0 amide bonds. The average Bonchev–Trinajstić information content (AvgIpc) is 2.26. The summed E-state index contributed by atoms with van der Waals surface area (Å²) in [6.07, 6.45) is 7.60. The van der Waals surface area contributed by atoms with Crippen LogP contribution in [0.2, 0.25) is 0 Å². The third kappa shape index (κ3) is 4.33. The molecule has 2 nitrogen and oxygen atoms in total. The Morgan fingerprint density at radius 1 is 1.47 bits per heavy atom. The molecule has 1 aliphatic carbocycles. The summed E-state index contributed by atoms with van der Waals surface area (Å²) in [4.78, 5) is 11.9. The van der Waals surface area contributed by atoms with E-state index in [4.69, 9.17) is 5.73 Å². The molecule has 3 atom stereocenters. The summed E-state index contributed by atoms with van der Waals surface area (Å²) >= 11 is 0. The molecule has 0 bridgehead atoms. The van der Waals surface area contributed by atoms with E-state index >= 15 is 0 Å². The Morgan fingerprint density at radius 2 is 2.20 bits per heavy atom. The molecular formula is C13H25NO. The monoisotopic (exact) mass is 211 g/mol. The minimum atomic E-state index is 0.166. The second-order valence-electron chi connectivity index (χ2n) is 5.12. The molecule has 0 aromatic heterocycles. The van der Waals surface area contributed by atoms with Crippen molar-refractivity contribution in [3.05, 3.63) is 0 Å². The van der Waals surface area contributed by atoms with E-state index in [2.05, 4.69) is 6.92 Å². The summed E-state index contributed by atoms with van der Waals surface area (Å²) in [7, 11) is 0. The van der Waals surface area contributed by atoms with Crippen molar-refractivity contribution < 1.29 is 4.79 Å². The van der Waals surface area contributed by atoms with E-state index in [0.29, 0.717) is 18.1 Å². The SMILES string of the molecule is CCC1CCCC(C(=O)CCC(C)N)C1. The van der Waals surface area contributed by atoms with Crippen LogP contribution < -0.4 is 5.73 Å². The minimum Gasteiger partial charge on any atom is -0.328 e. The zero-order chi connectivity index (χ0) is 11.3. The fraction of sp³-hybridized carbons (Fsp3) is 0.923. The van der Waals surface area contributed by atoms with Gasteiger partial charge in [0.2, 0.25) is 0 Å². The lowest BCUT2D eigenvalue weighted by Gasteiger charge is -2.27. The van der Waals surface area contributed by atoms with Gasteiger partial charge in [-0.15, -0.1) is 0 Å². The van der Waals surface area contributed by atoms with Crippen LogP contribution in [-0.2, 0) is 4.79 Å². The number of carbonyl (C=O) groups is 1. The summed E-state index contributed by atoms with van der Waals surface area (Å²) in [5.74, 6) is 1.61. The van der Waals surface area contributed by atoms with Crippen molar-refractivity contribution in [2.24, 2.45) is 17.6 Å². The lowest BCUT2D eigenvalue weighted by atomic mass is 9.77. The van der Waals surface area contributed by atoms with Crippen molar-refractivity contribution in [2.45, 2.75) is 64.8 Å². The third-order valence-corrected chi connectivity index (χ3v) is 3.66. The van der Waals surface area contributed by atoms with Crippen LogP contribution in [0.3, 0.4) is 0 Å². The first-order valence-electron chi connectivity index (χ1n) is 6.41. The molecular weight excluding hydrogens is 186 g/mol.